The second kappa shape index (κ2) is 2.73. The minimum absolute atomic E-state index is 0.161. The summed E-state index contributed by atoms with van der Waals surface area (Å²) in [5.41, 5.74) is -0.779. The van der Waals surface area contributed by atoms with Crippen molar-refractivity contribution in [1.82, 2.24) is 0 Å². The van der Waals surface area contributed by atoms with Gasteiger partial charge in [0.1, 0.15) is 5.75 Å². The first-order valence-electron chi connectivity index (χ1n) is 3.92. The normalized spacial score (nSPS) is 25.3. The molecule has 1 aliphatic rings. The van der Waals surface area contributed by atoms with Gasteiger partial charge >= 0.3 is 16.1 Å². The van der Waals surface area contributed by atoms with Gasteiger partial charge in [-0.3, -0.25) is 4.79 Å². The van der Waals surface area contributed by atoms with Gasteiger partial charge in [0.15, 0.2) is 0 Å². The molecule has 1 saturated heterocycles. The lowest BCUT2D eigenvalue weighted by Crippen LogP contribution is -2.27. The first kappa shape index (κ1) is 9.51. The van der Waals surface area contributed by atoms with E-state index >= 15 is 0 Å². The van der Waals surface area contributed by atoms with E-state index in [0.29, 0.717) is 12.8 Å². The van der Waals surface area contributed by atoms with E-state index in [-0.39, 0.29) is 5.75 Å². The minimum atomic E-state index is -3.58. The third-order valence-electron chi connectivity index (χ3n) is 2.44. The molecule has 70 valence electrons. The van der Waals surface area contributed by atoms with E-state index in [4.69, 9.17) is 0 Å². The first-order valence-corrected chi connectivity index (χ1v) is 5.50. The van der Waals surface area contributed by atoms with E-state index in [0.717, 1.165) is 0 Å². The number of carbonyl (C=O) groups excluding carboxylic acids is 1. The topological polar surface area (TPSA) is 60.4 Å². The third kappa shape index (κ3) is 1.33. The van der Waals surface area contributed by atoms with Gasteiger partial charge in [-0.15, -0.1) is 0 Å². The van der Waals surface area contributed by atoms with E-state index in [1.165, 1.54) is 0 Å². The second-order valence-corrected chi connectivity index (χ2v) is 4.63. The zero-order valence-electron chi connectivity index (χ0n) is 7.16. The molecule has 0 bridgehead atoms. The molecule has 0 spiro atoms. The van der Waals surface area contributed by atoms with Crippen LogP contribution in [0.4, 0.5) is 0 Å². The highest BCUT2D eigenvalue weighted by Gasteiger charge is 2.49. The Morgan fingerprint density at radius 1 is 1.42 bits per heavy atom. The van der Waals surface area contributed by atoms with Gasteiger partial charge in [-0.25, -0.2) is 0 Å². The maximum Gasteiger partial charge on any atom is 0.329 e. The molecule has 0 aromatic rings. The van der Waals surface area contributed by atoms with Crippen molar-refractivity contribution in [3.05, 3.63) is 0 Å². The Hall–Kier alpha value is -0.580. The van der Waals surface area contributed by atoms with Crippen molar-refractivity contribution < 1.29 is 17.4 Å². The summed E-state index contributed by atoms with van der Waals surface area (Å²) in [4.78, 5) is 11.2. The number of hydrogen-bond donors (Lipinski definition) is 0. The molecule has 5 heteroatoms. The molecule has 12 heavy (non-hydrogen) atoms. The van der Waals surface area contributed by atoms with Crippen molar-refractivity contribution in [2.75, 3.05) is 5.75 Å². The highest BCUT2D eigenvalue weighted by molar-refractivity contribution is 7.87. The number of hydrogen-bond acceptors (Lipinski definition) is 4. The van der Waals surface area contributed by atoms with Crippen molar-refractivity contribution in [2.24, 2.45) is 5.41 Å². The van der Waals surface area contributed by atoms with E-state index in [2.05, 4.69) is 4.18 Å². The molecule has 0 radical (unpaired) electrons. The molecular formula is C7H12O4S. The average molecular weight is 192 g/mol. The maximum atomic E-state index is 11.2. The molecule has 0 aromatic carbocycles. The predicted octanol–water partition coefficient (Wildman–Crippen LogP) is 0.679. The lowest BCUT2D eigenvalue weighted by Gasteiger charge is -2.17. The smallest absolute Gasteiger partial charge is 0.329 e. The Morgan fingerprint density at radius 2 is 1.92 bits per heavy atom. The van der Waals surface area contributed by atoms with Crippen LogP contribution in [0.15, 0.2) is 0 Å². The minimum Gasteiger partial charge on any atom is -0.345 e. The van der Waals surface area contributed by atoms with Crippen LogP contribution in [0.2, 0.25) is 0 Å². The van der Waals surface area contributed by atoms with Crippen molar-refractivity contribution in [2.45, 2.75) is 26.7 Å². The van der Waals surface area contributed by atoms with Crippen LogP contribution in [0.1, 0.15) is 26.7 Å². The predicted molar refractivity (Wildman–Crippen MR) is 42.9 cm³/mol. The van der Waals surface area contributed by atoms with Crippen molar-refractivity contribution in [3.63, 3.8) is 0 Å². The molecule has 0 N–H and O–H groups in total. The SMILES string of the molecule is CCC1(CC)CS(=O)(=O)OC1=O. The van der Waals surface area contributed by atoms with E-state index < -0.39 is 21.5 Å². The summed E-state index contributed by atoms with van der Waals surface area (Å²) in [7, 11) is -3.58. The van der Waals surface area contributed by atoms with Gasteiger partial charge in [0.25, 0.3) is 0 Å². The summed E-state index contributed by atoms with van der Waals surface area (Å²) in [5.74, 6) is -0.751. The Kier molecular flexibility index (Phi) is 2.16. The van der Waals surface area contributed by atoms with Crippen LogP contribution in [-0.4, -0.2) is 20.1 Å². The molecular weight excluding hydrogens is 180 g/mol. The maximum absolute atomic E-state index is 11.2. The molecule has 0 aliphatic carbocycles. The van der Waals surface area contributed by atoms with Crippen molar-refractivity contribution >= 4 is 16.1 Å². The van der Waals surface area contributed by atoms with E-state index in [1.54, 1.807) is 13.8 Å². The molecule has 4 nitrogen and oxygen atoms in total. The van der Waals surface area contributed by atoms with Crippen LogP contribution in [-0.2, 0) is 19.1 Å². The number of carbonyl (C=O) groups is 1. The quantitative estimate of drug-likeness (QED) is 0.603. The molecule has 0 atom stereocenters. The standard InChI is InChI=1S/C7H12O4S/c1-3-7(4-2)5-12(9,10)11-6(7)8/h3-5H2,1-2H3. The van der Waals surface area contributed by atoms with Crippen molar-refractivity contribution in [3.8, 4) is 0 Å². The summed E-state index contributed by atoms with van der Waals surface area (Å²) in [6.07, 6.45) is 1.03. The number of rotatable bonds is 2. The Bertz CT molecular complexity index is 287. The Morgan fingerprint density at radius 3 is 2.08 bits per heavy atom. The van der Waals surface area contributed by atoms with Crippen LogP contribution in [0, 0.1) is 5.41 Å². The highest BCUT2D eigenvalue weighted by atomic mass is 32.2. The summed E-state index contributed by atoms with van der Waals surface area (Å²) in [6, 6.07) is 0. The average Bonchev–Trinajstić information content (AvgIpc) is 2.21. The van der Waals surface area contributed by atoms with Crippen molar-refractivity contribution in [1.29, 1.82) is 0 Å². The third-order valence-corrected chi connectivity index (χ3v) is 3.75. The Balaban J connectivity index is 3.02. The van der Waals surface area contributed by atoms with Gasteiger partial charge in [0, 0.05) is 0 Å². The summed E-state index contributed by atoms with van der Waals surface area (Å²) >= 11 is 0. The molecule has 1 heterocycles. The fourth-order valence-corrected chi connectivity index (χ4v) is 3.04. The van der Waals surface area contributed by atoms with Gasteiger partial charge in [0.2, 0.25) is 0 Å². The van der Waals surface area contributed by atoms with Crippen LogP contribution < -0.4 is 0 Å². The lowest BCUT2D eigenvalue weighted by molar-refractivity contribution is -0.141. The molecule has 0 amide bonds. The van der Waals surface area contributed by atoms with E-state index in [1.807, 2.05) is 0 Å². The van der Waals surface area contributed by atoms with Crippen LogP contribution in [0.25, 0.3) is 0 Å². The lowest BCUT2D eigenvalue weighted by atomic mass is 9.85. The summed E-state index contributed by atoms with van der Waals surface area (Å²) in [5, 5.41) is 0. The monoisotopic (exact) mass is 192 g/mol. The van der Waals surface area contributed by atoms with Crippen LogP contribution in [0.5, 0.6) is 0 Å². The zero-order chi connectivity index (χ0) is 9.41. The zero-order valence-corrected chi connectivity index (χ0v) is 7.98. The molecule has 1 aliphatic heterocycles. The van der Waals surface area contributed by atoms with Gasteiger partial charge in [-0.2, -0.15) is 8.42 Å². The van der Waals surface area contributed by atoms with E-state index in [9.17, 15) is 13.2 Å². The first-order chi connectivity index (χ1) is 5.46. The van der Waals surface area contributed by atoms with Gasteiger partial charge < -0.3 is 4.18 Å². The summed E-state index contributed by atoms with van der Waals surface area (Å²) < 4.78 is 26.1. The van der Waals surface area contributed by atoms with Crippen LogP contribution >= 0.6 is 0 Å². The molecule has 0 unspecified atom stereocenters. The largest absolute Gasteiger partial charge is 0.345 e. The van der Waals surface area contributed by atoms with Gasteiger partial charge in [0.05, 0.1) is 5.41 Å². The fourth-order valence-electron chi connectivity index (χ4n) is 1.37. The fraction of sp³-hybridized carbons (Fsp3) is 0.857. The second-order valence-electron chi connectivity index (χ2n) is 3.06. The molecule has 0 aromatic heterocycles. The van der Waals surface area contributed by atoms with Crippen LogP contribution in [0.3, 0.4) is 0 Å². The Labute approximate surface area is 72.0 Å². The molecule has 1 rings (SSSR count). The summed E-state index contributed by atoms with van der Waals surface area (Å²) in [6.45, 7) is 3.59. The van der Waals surface area contributed by atoms with Gasteiger partial charge in [-0.05, 0) is 12.8 Å². The molecule has 1 fully saturated rings. The molecule has 0 saturated carbocycles. The highest BCUT2D eigenvalue weighted by Crippen LogP contribution is 2.36. The van der Waals surface area contributed by atoms with Gasteiger partial charge in [-0.1, -0.05) is 13.8 Å².